The van der Waals surface area contributed by atoms with Crippen molar-refractivity contribution in [2.75, 3.05) is 77.9 Å². The number of ether oxygens (including phenoxy) is 1. The first-order valence-corrected chi connectivity index (χ1v) is 22.3. The number of piperazine rings is 1. The van der Waals surface area contributed by atoms with E-state index in [1.165, 1.54) is 5.69 Å². The van der Waals surface area contributed by atoms with Crippen LogP contribution in [-0.2, 0) is 23.9 Å². The number of piperidine rings is 1. The van der Waals surface area contributed by atoms with Gasteiger partial charge in [-0.2, -0.15) is 0 Å². The summed E-state index contributed by atoms with van der Waals surface area (Å²) in [6.07, 6.45) is 5.32. The van der Waals surface area contributed by atoms with Crippen LogP contribution in [0.5, 0.6) is 0 Å². The highest BCUT2D eigenvalue weighted by Gasteiger charge is 2.44. The van der Waals surface area contributed by atoms with Crippen LogP contribution in [0, 0.1) is 11.3 Å². The van der Waals surface area contributed by atoms with Crippen LogP contribution < -0.4 is 10.2 Å². The van der Waals surface area contributed by atoms with Gasteiger partial charge in [0.25, 0.3) is 0 Å². The van der Waals surface area contributed by atoms with Gasteiger partial charge in [0.2, 0.25) is 17.7 Å². The predicted molar refractivity (Wildman–Crippen MR) is 233 cm³/mol. The van der Waals surface area contributed by atoms with Crippen LogP contribution in [0.4, 0.5) is 5.69 Å². The quantitative estimate of drug-likeness (QED) is 0.263. The normalized spacial score (nSPS) is 23.8. The van der Waals surface area contributed by atoms with E-state index in [-0.39, 0.29) is 47.7 Å². The molecule has 4 unspecified atom stereocenters. The summed E-state index contributed by atoms with van der Waals surface area (Å²) < 4.78 is 6.40. The molecule has 12 nitrogen and oxygen atoms in total. The Morgan fingerprint density at radius 2 is 1.39 bits per heavy atom. The molecule has 4 fully saturated rings. The minimum Gasteiger partial charge on any atom is -0.455 e. The molecule has 0 spiro atoms. The number of likely N-dealkylation sites (N-methyl/N-ethyl adjacent to an activating group) is 2. The Bertz CT molecular complexity index is 1700. The maximum absolute atomic E-state index is 14.5. The Morgan fingerprint density at radius 3 is 2.03 bits per heavy atom. The molecule has 0 radical (unpaired) electrons. The largest absolute Gasteiger partial charge is 0.455 e. The van der Waals surface area contributed by atoms with Crippen molar-refractivity contribution in [3.63, 3.8) is 0 Å². The van der Waals surface area contributed by atoms with Crippen molar-refractivity contribution in [3.05, 3.63) is 66.2 Å². The van der Waals surface area contributed by atoms with Crippen molar-refractivity contribution in [1.82, 2.24) is 29.8 Å². The van der Waals surface area contributed by atoms with Crippen molar-refractivity contribution in [3.8, 4) is 0 Å². The van der Waals surface area contributed by atoms with Crippen LogP contribution in [0.15, 0.2) is 60.7 Å². The topological polar surface area (TPSA) is 109 Å². The van der Waals surface area contributed by atoms with Gasteiger partial charge in [-0.25, -0.2) is 4.79 Å². The number of likely N-dealkylation sites (tertiary alicyclic amines) is 3. The molecule has 6 atom stereocenters. The van der Waals surface area contributed by atoms with Gasteiger partial charge in [-0.15, -0.1) is 0 Å². The SMILES string of the molecule is CC(C)[C@@H](CN1CCCC1C(=O)N1CCCC1C(=O)OC(CN1CCN(c2ccccc2)CC1)c1ccccc1)N(C)C(=O)C(NC(=O)[C@H]1CCCCN1C)C(C)(C)C. The molecule has 324 valence electrons. The van der Waals surface area contributed by atoms with E-state index in [2.05, 4.69) is 63.0 Å². The van der Waals surface area contributed by atoms with Gasteiger partial charge in [-0.1, -0.05) is 89.6 Å². The lowest BCUT2D eigenvalue weighted by Gasteiger charge is -2.41. The molecule has 4 aliphatic rings. The maximum Gasteiger partial charge on any atom is 0.329 e. The summed E-state index contributed by atoms with van der Waals surface area (Å²) in [6.45, 7) is 17.0. The number of hydrogen-bond donors (Lipinski definition) is 1. The molecule has 0 saturated carbocycles. The number of esters is 1. The minimum absolute atomic E-state index is 0.0248. The van der Waals surface area contributed by atoms with Crippen LogP contribution >= 0.6 is 0 Å². The summed E-state index contributed by atoms with van der Waals surface area (Å²) in [4.78, 5) is 69.3. The van der Waals surface area contributed by atoms with Crippen LogP contribution in [0.25, 0.3) is 0 Å². The summed E-state index contributed by atoms with van der Waals surface area (Å²) in [6, 6.07) is 18.3. The fourth-order valence-electron chi connectivity index (χ4n) is 9.63. The molecule has 0 aliphatic carbocycles. The van der Waals surface area contributed by atoms with Crippen LogP contribution in [0.3, 0.4) is 0 Å². The third-order valence-electron chi connectivity index (χ3n) is 13.3. The Kier molecular flexibility index (Phi) is 15.1. The highest BCUT2D eigenvalue weighted by molar-refractivity contribution is 5.91. The number of carbonyl (C=O) groups excluding carboxylic acids is 4. The molecule has 59 heavy (non-hydrogen) atoms. The van der Waals surface area contributed by atoms with Gasteiger partial charge >= 0.3 is 5.97 Å². The summed E-state index contributed by atoms with van der Waals surface area (Å²) in [7, 11) is 3.83. The molecule has 0 aromatic heterocycles. The maximum atomic E-state index is 14.5. The fraction of sp³-hybridized carbons (Fsp3) is 0.660. The molecule has 0 bridgehead atoms. The van der Waals surface area contributed by atoms with Gasteiger partial charge in [0.05, 0.1) is 12.1 Å². The van der Waals surface area contributed by atoms with E-state index in [1.54, 1.807) is 4.90 Å². The van der Waals surface area contributed by atoms with E-state index in [0.717, 1.165) is 76.9 Å². The summed E-state index contributed by atoms with van der Waals surface area (Å²) >= 11 is 0. The van der Waals surface area contributed by atoms with Gasteiger partial charge < -0.3 is 24.8 Å². The van der Waals surface area contributed by atoms with Gasteiger partial charge in [-0.3, -0.25) is 29.1 Å². The number of nitrogens with one attached hydrogen (secondary N) is 1. The number of nitrogens with zero attached hydrogens (tertiary/aromatic N) is 6. The second-order valence-electron chi connectivity index (χ2n) is 18.9. The molecule has 2 aromatic rings. The smallest absolute Gasteiger partial charge is 0.329 e. The van der Waals surface area contributed by atoms with Crippen LogP contribution in [-0.4, -0.2) is 151 Å². The Balaban J connectivity index is 1.10. The molecule has 12 heteroatoms. The Morgan fingerprint density at radius 1 is 0.763 bits per heavy atom. The fourth-order valence-corrected chi connectivity index (χ4v) is 9.63. The van der Waals surface area contributed by atoms with Crippen molar-refractivity contribution in [2.45, 2.75) is 116 Å². The van der Waals surface area contributed by atoms with Crippen molar-refractivity contribution >= 4 is 29.4 Å². The van der Waals surface area contributed by atoms with Crippen LogP contribution in [0.1, 0.15) is 91.2 Å². The molecule has 1 N–H and O–H groups in total. The third-order valence-corrected chi connectivity index (χ3v) is 13.3. The summed E-state index contributed by atoms with van der Waals surface area (Å²) in [5.41, 5.74) is 1.68. The van der Waals surface area contributed by atoms with E-state index in [9.17, 15) is 19.2 Å². The monoisotopic (exact) mass is 814 g/mol. The number of amides is 3. The second-order valence-corrected chi connectivity index (χ2v) is 18.9. The first-order chi connectivity index (χ1) is 28.2. The van der Waals surface area contributed by atoms with E-state index in [0.29, 0.717) is 32.5 Å². The van der Waals surface area contributed by atoms with Crippen LogP contribution in [0.2, 0.25) is 0 Å². The van der Waals surface area contributed by atoms with E-state index >= 15 is 0 Å². The molecule has 4 saturated heterocycles. The zero-order chi connectivity index (χ0) is 42.3. The van der Waals surface area contributed by atoms with Crippen molar-refractivity contribution in [1.29, 1.82) is 0 Å². The first-order valence-electron chi connectivity index (χ1n) is 22.3. The lowest BCUT2D eigenvalue weighted by Crippen LogP contribution is -2.61. The lowest BCUT2D eigenvalue weighted by atomic mass is 9.84. The molecule has 3 amide bonds. The third kappa shape index (κ3) is 11.0. The highest BCUT2D eigenvalue weighted by atomic mass is 16.5. The number of anilines is 1. The number of para-hydroxylation sites is 1. The number of rotatable bonds is 14. The average Bonchev–Trinajstić information content (AvgIpc) is 3.92. The summed E-state index contributed by atoms with van der Waals surface area (Å²) in [5.74, 6) is -0.457. The lowest BCUT2D eigenvalue weighted by molar-refractivity contribution is -0.160. The van der Waals surface area contributed by atoms with E-state index in [1.807, 2.05) is 76.2 Å². The molecular weight excluding hydrogens is 743 g/mol. The second kappa shape index (κ2) is 20.0. The molecule has 6 rings (SSSR count). The Labute approximate surface area is 353 Å². The predicted octanol–water partition coefficient (Wildman–Crippen LogP) is 5.05. The standard InChI is InChI=1S/C47H71N7O5/c1-34(2)40(50(7)45(57)42(47(3,4)5)48-43(55)37-22-14-15-25-49(37)6)32-53-26-16-23-38(53)44(56)54-27-17-24-39(54)46(58)59-41(35-18-10-8-11-19-35)33-51-28-30-52(31-29-51)36-20-12-9-13-21-36/h8-13,18-21,34,37-42H,14-17,22-33H2,1-7H3,(H,48,55)/t37-,38?,39?,40-,41?,42?/m1/s1. The summed E-state index contributed by atoms with van der Waals surface area (Å²) in [5, 5.41) is 3.16. The van der Waals surface area contributed by atoms with Crippen molar-refractivity contribution < 1.29 is 23.9 Å². The average molecular weight is 814 g/mol. The zero-order valence-electron chi connectivity index (χ0n) is 36.9. The molecule has 4 heterocycles. The highest BCUT2D eigenvalue weighted by Crippen LogP contribution is 2.30. The minimum atomic E-state index is -0.692. The Hall–Kier alpha value is -4.00. The van der Waals surface area contributed by atoms with Gasteiger partial charge in [0.15, 0.2) is 0 Å². The van der Waals surface area contributed by atoms with Gasteiger partial charge in [0.1, 0.15) is 18.2 Å². The van der Waals surface area contributed by atoms with Gasteiger partial charge in [0, 0.05) is 64.6 Å². The number of benzene rings is 2. The van der Waals surface area contributed by atoms with E-state index in [4.69, 9.17) is 4.74 Å². The van der Waals surface area contributed by atoms with Crippen molar-refractivity contribution in [2.24, 2.45) is 11.3 Å². The molecule has 2 aromatic carbocycles. The van der Waals surface area contributed by atoms with Gasteiger partial charge in [-0.05, 0) is 87.7 Å². The zero-order valence-corrected chi connectivity index (χ0v) is 36.9. The molecular formula is C47H71N7O5. The number of hydrogen-bond acceptors (Lipinski definition) is 9. The number of carbonyl (C=O) groups is 4. The first kappa shape index (κ1) is 44.5. The molecule has 4 aliphatic heterocycles. The van der Waals surface area contributed by atoms with E-state index < -0.39 is 23.6 Å².